The molecular formula is C16H25N3O4. The van der Waals surface area contributed by atoms with Crippen molar-refractivity contribution in [2.75, 3.05) is 33.9 Å². The summed E-state index contributed by atoms with van der Waals surface area (Å²) in [5.74, 6) is 0.818. The normalized spacial score (nSPS) is 27.9. The van der Waals surface area contributed by atoms with Crippen LogP contribution in [-0.2, 0) is 20.8 Å². The maximum Gasteiger partial charge on any atom is 0.248 e. The van der Waals surface area contributed by atoms with Gasteiger partial charge in [0, 0.05) is 39.3 Å². The van der Waals surface area contributed by atoms with E-state index in [0.717, 1.165) is 37.4 Å². The third kappa shape index (κ3) is 3.73. The van der Waals surface area contributed by atoms with Crippen molar-refractivity contribution < 1.29 is 18.8 Å². The zero-order chi connectivity index (χ0) is 16.4. The highest BCUT2D eigenvalue weighted by Gasteiger charge is 2.43. The van der Waals surface area contributed by atoms with Gasteiger partial charge in [-0.3, -0.25) is 9.69 Å². The molecule has 1 aromatic rings. The topological polar surface area (TPSA) is 68.0 Å². The first kappa shape index (κ1) is 16.4. The van der Waals surface area contributed by atoms with Crippen molar-refractivity contribution in [3.8, 4) is 0 Å². The van der Waals surface area contributed by atoms with Gasteiger partial charge in [-0.05, 0) is 19.8 Å². The molecule has 2 aliphatic rings. The second-order valence-corrected chi connectivity index (χ2v) is 6.52. The fourth-order valence-electron chi connectivity index (χ4n) is 3.37. The molecule has 1 aliphatic carbocycles. The molecule has 128 valence electrons. The standard InChI is InChI=1S/C16H25N3O4/c1-11-8-12(17-23-11)9-19-6-7-21-16-13(19)4-5-14(16)22-10-15(20)18(2)3/h8,13-14,16H,4-7,9-10H2,1-3H3/t13-,14+,16+/m0/s1. The number of aryl methyl sites for hydroxylation is 1. The summed E-state index contributed by atoms with van der Waals surface area (Å²) in [6.07, 6.45) is 1.96. The van der Waals surface area contributed by atoms with Gasteiger partial charge >= 0.3 is 0 Å². The molecule has 2 heterocycles. The Hall–Kier alpha value is -1.44. The maximum absolute atomic E-state index is 11.7. The lowest BCUT2D eigenvalue weighted by Gasteiger charge is -2.38. The Labute approximate surface area is 136 Å². The van der Waals surface area contributed by atoms with Gasteiger partial charge < -0.3 is 18.9 Å². The van der Waals surface area contributed by atoms with Gasteiger partial charge in [0.25, 0.3) is 0 Å². The van der Waals surface area contributed by atoms with E-state index >= 15 is 0 Å². The van der Waals surface area contributed by atoms with Gasteiger partial charge in [0.15, 0.2) is 0 Å². The largest absolute Gasteiger partial charge is 0.373 e. The van der Waals surface area contributed by atoms with Crippen LogP contribution in [0.25, 0.3) is 0 Å². The summed E-state index contributed by atoms with van der Waals surface area (Å²) in [4.78, 5) is 15.6. The van der Waals surface area contributed by atoms with Crippen LogP contribution in [0.15, 0.2) is 10.6 Å². The molecule has 7 nitrogen and oxygen atoms in total. The SMILES string of the molecule is Cc1cc(CN2CCO[C@H]3[C@H](OCC(=O)N(C)C)CC[C@@H]32)no1. The van der Waals surface area contributed by atoms with E-state index in [1.54, 1.807) is 19.0 Å². The summed E-state index contributed by atoms with van der Waals surface area (Å²) >= 11 is 0. The van der Waals surface area contributed by atoms with Crippen molar-refractivity contribution in [3.05, 3.63) is 17.5 Å². The predicted octanol–water partition coefficient (Wildman–Crippen LogP) is 0.820. The van der Waals surface area contributed by atoms with Crippen LogP contribution in [0.4, 0.5) is 0 Å². The number of hydrogen-bond acceptors (Lipinski definition) is 6. The molecule has 0 unspecified atom stereocenters. The Bertz CT molecular complexity index is 545. The van der Waals surface area contributed by atoms with Crippen molar-refractivity contribution >= 4 is 5.91 Å². The minimum atomic E-state index is -0.0146. The zero-order valence-corrected chi connectivity index (χ0v) is 14.0. The van der Waals surface area contributed by atoms with Gasteiger partial charge in [0.2, 0.25) is 5.91 Å². The lowest BCUT2D eigenvalue weighted by Crippen LogP contribution is -2.51. The molecule has 1 aromatic heterocycles. The van der Waals surface area contributed by atoms with Crippen LogP contribution >= 0.6 is 0 Å². The number of likely N-dealkylation sites (N-methyl/N-ethyl adjacent to an activating group) is 1. The first-order valence-corrected chi connectivity index (χ1v) is 8.14. The number of carbonyl (C=O) groups excluding carboxylic acids is 1. The number of nitrogens with zero attached hydrogens (tertiary/aromatic N) is 3. The van der Waals surface area contributed by atoms with E-state index in [0.29, 0.717) is 12.6 Å². The average Bonchev–Trinajstić information content (AvgIpc) is 3.11. The van der Waals surface area contributed by atoms with Crippen molar-refractivity contribution in [2.24, 2.45) is 0 Å². The highest BCUT2D eigenvalue weighted by molar-refractivity contribution is 5.76. The van der Waals surface area contributed by atoms with Crippen molar-refractivity contribution in [2.45, 2.75) is 44.6 Å². The summed E-state index contributed by atoms with van der Waals surface area (Å²) in [7, 11) is 3.48. The van der Waals surface area contributed by atoms with Crippen LogP contribution in [-0.4, -0.2) is 73.0 Å². The van der Waals surface area contributed by atoms with Crippen LogP contribution in [0.3, 0.4) is 0 Å². The summed E-state index contributed by atoms with van der Waals surface area (Å²) in [5, 5.41) is 4.08. The van der Waals surface area contributed by atoms with Gasteiger partial charge in [-0.2, -0.15) is 0 Å². The molecule has 1 saturated carbocycles. The minimum absolute atomic E-state index is 0.00857. The number of amides is 1. The zero-order valence-electron chi connectivity index (χ0n) is 14.0. The van der Waals surface area contributed by atoms with Gasteiger partial charge in [-0.1, -0.05) is 5.16 Å². The second-order valence-electron chi connectivity index (χ2n) is 6.52. The molecular weight excluding hydrogens is 298 g/mol. The van der Waals surface area contributed by atoms with E-state index in [4.69, 9.17) is 14.0 Å². The van der Waals surface area contributed by atoms with E-state index in [9.17, 15) is 4.79 Å². The van der Waals surface area contributed by atoms with Crippen LogP contribution in [0.2, 0.25) is 0 Å². The van der Waals surface area contributed by atoms with Crippen LogP contribution in [0.5, 0.6) is 0 Å². The quantitative estimate of drug-likeness (QED) is 0.799. The van der Waals surface area contributed by atoms with E-state index in [2.05, 4.69) is 10.1 Å². The minimum Gasteiger partial charge on any atom is -0.373 e. The molecule has 23 heavy (non-hydrogen) atoms. The molecule has 1 amide bonds. The number of ether oxygens (including phenoxy) is 2. The van der Waals surface area contributed by atoms with Gasteiger partial charge in [-0.15, -0.1) is 0 Å². The van der Waals surface area contributed by atoms with Crippen LogP contribution in [0.1, 0.15) is 24.3 Å². The number of aromatic nitrogens is 1. The first-order chi connectivity index (χ1) is 11.0. The molecule has 3 atom stereocenters. The monoisotopic (exact) mass is 323 g/mol. The molecule has 0 bridgehead atoms. The van der Waals surface area contributed by atoms with E-state index in [1.165, 1.54) is 0 Å². The van der Waals surface area contributed by atoms with Gasteiger partial charge in [0.1, 0.15) is 12.4 Å². The van der Waals surface area contributed by atoms with E-state index in [-0.39, 0.29) is 24.7 Å². The number of fused-ring (bicyclic) bond motifs is 1. The fourth-order valence-corrected chi connectivity index (χ4v) is 3.37. The molecule has 0 N–H and O–H groups in total. The number of hydrogen-bond donors (Lipinski definition) is 0. The average molecular weight is 323 g/mol. The summed E-state index contributed by atoms with van der Waals surface area (Å²) < 4.78 is 16.9. The van der Waals surface area contributed by atoms with Gasteiger partial charge in [0.05, 0.1) is 24.5 Å². The first-order valence-electron chi connectivity index (χ1n) is 8.14. The Morgan fingerprint density at radius 1 is 1.48 bits per heavy atom. The highest BCUT2D eigenvalue weighted by Crippen LogP contribution is 2.32. The van der Waals surface area contributed by atoms with Crippen molar-refractivity contribution in [3.63, 3.8) is 0 Å². The second kappa shape index (κ2) is 6.98. The summed E-state index contributed by atoms with van der Waals surface area (Å²) in [5.41, 5.74) is 0.954. The lowest BCUT2D eigenvalue weighted by atomic mass is 10.1. The predicted molar refractivity (Wildman–Crippen MR) is 82.8 cm³/mol. The fraction of sp³-hybridized carbons (Fsp3) is 0.750. The molecule has 3 rings (SSSR count). The van der Waals surface area contributed by atoms with Gasteiger partial charge in [-0.25, -0.2) is 0 Å². The Morgan fingerprint density at radius 2 is 2.30 bits per heavy atom. The van der Waals surface area contributed by atoms with Crippen molar-refractivity contribution in [1.82, 2.24) is 15.0 Å². The molecule has 2 fully saturated rings. The Morgan fingerprint density at radius 3 is 3.00 bits per heavy atom. The number of morpholine rings is 1. The summed E-state index contributed by atoms with van der Waals surface area (Å²) in [6, 6.07) is 2.29. The molecule has 0 spiro atoms. The highest BCUT2D eigenvalue weighted by atomic mass is 16.5. The van der Waals surface area contributed by atoms with E-state index in [1.807, 2.05) is 13.0 Å². The third-order valence-corrected chi connectivity index (χ3v) is 4.61. The molecule has 7 heteroatoms. The Kier molecular flexibility index (Phi) is 4.99. The Balaban J connectivity index is 1.57. The third-order valence-electron chi connectivity index (χ3n) is 4.61. The van der Waals surface area contributed by atoms with Crippen LogP contribution in [0, 0.1) is 6.92 Å². The molecule has 1 saturated heterocycles. The van der Waals surface area contributed by atoms with E-state index < -0.39 is 0 Å². The van der Waals surface area contributed by atoms with Crippen LogP contribution < -0.4 is 0 Å². The lowest BCUT2D eigenvalue weighted by molar-refractivity contribution is -0.144. The molecule has 0 aromatic carbocycles. The number of rotatable bonds is 5. The van der Waals surface area contributed by atoms with Crippen molar-refractivity contribution in [1.29, 1.82) is 0 Å². The number of carbonyl (C=O) groups is 1. The smallest absolute Gasteiger partial charge is 0.248 e. The summed E-state index contributed by atoms with van der Waals surface area (Å²) in [6.45, 7) is 4.35. The molecule has 1 aliphatic heterocycles. The molecule has 0 radical (unpaired) electrons. The maximum atomic E-state index is 11.7.